The van der Waals surface area contributed by atoms with Gasteiger partial charge in [-0.1, -0.05) is 0 Å². The molecule has 1 amide bonds. The molecule has 5 heteroatoms. The molecule has 0 spiro atoms. The van der Waals surface area contributed by atoms with Gasteiger partial charge >= 0.3 is 5.97 Å². The van der Waals surface area contributed by atoms with Gasteiger partial charge in [0.25, 0.3) is 0 Å². The highest BCUT2D eigenvalue weighted by molar-refractivity contribution is 7.12. The molecule has 1 fully saturated rings. The second kappa shape index (κ2) is 3.42. The summed E-state index contributed by atoms with van der Waals surface area (Å²) in [5, 5.41) is 10.4. The fourth-order valence-electron chi connectivity index (χ4n) is 1.50. The van der Waals surface area contributed by atoms with Gasteiger partial charge in [-0.05, 0) is 12.5 Å². The number of thiophene rings is 1. The molecule has 74 valence electrons. The Morgan fingerprint density at radius 3 is 2.86 bits per heavy atom. The number of amides is 1. The van der Waals surface area contributed by atoms with Crippen molar-refractivity contribution >= 4 is 28.9 Å². The Kier molecular flexibility index (Phi) is 2.25. The zero-order valence-corrected chi connectivity index (χ0v) is 8.21. The maximum Gasteiger partial charge on any atom is 0.345 e. The van der Waals surface area contributed by atoms with Gasteiger partial charge in [0.05, 0.1) is 5.69 Å². The average molecular weight is 211 g/mol. The zero-order valence-electron chi connectivity index (χ0n) is 7.40. The Balaban J connectivity index is 2.24. The summed E-state index contributed by atoms with van der Waals surface area (Å²) in [5.74, 6) is -0.854. The number of anilines is 1. The van der Waals surface area contributed by atoms with Crippen molar-refractivity contribution in [2.45, 2.75) is 12.8 Å². The van der Waals surface area contributed by atoms with Crippen LogP contribution in [0.3, 0.4) is 0 Å². The molecule has 0 saturated carbocycles. The van der Waals surface area contributed by atoms with Crippen LogP contribution in [-0.2, 0) is 4.79 Å². The molecule has 1 aromatic rings. The number of aromatic carboxylic acids is 1. The van der Waals surface area contributed by atoms with E-state index >= 15 is 0 Å². The SMILES string of the molecule is O=C(O)c1cc(N2CCCC2=O)cs1. The summed E-state index contributed by atoms with van der Waals surface area (Å²) in [7, 11) is 0. The third-order valence-corrected chi connectivity index (χ3v) is 3.09. The second-order valence-corrected chi connectivity index (χ2v) is 4.03. The Labute approximate surface area is 84.8 Å². The van der Waals surface area contributed by atoms with Gasteiger partial charge in [0.2, 0.25) is 5.91 Å². The lowest BCUT2D eigenvalue weighted by Gasteiger charge is -2.12. The number of rotatable bonds is 2. The Morgan fingerprint density at radius 1 is 1.57 bits per heavy atom. The van der Waals surface area contributed by atoms with Crippen LogP contribution in [0.1, 0.15) is 22.5 Å². The second-order valence-electron chi connectivity index (χ2n) is 3.12. The number of nitrogens with zero attached hydrogens (tertiary/aromatic N) is 1. The highest BCUT2D eigenvalue weighted by Gasteiger charge is 2.23. The number of carbonyl (C=O) groups excluding carboxylic acids is 1. The summed E-state index contributed by atoms with van der Waals surface area (Å²) >= 11 is 1.15. The Bertz CT molecular complexity index is 385. The minimum absolute atomic E-state index is 0.0831. The molecule has 0 aromatic carbocycles. The average Bonchev–Trinajstić information content (AvgIpc) is 2.71. The Morgan fingerprint density at radius 2 is 2.36 bits per heavy atom. The summed E-state index contributed by atoms with van der Waals surface area (Å²) in [4.78, 5) is 23.9. The topological polar surface area (TPSA) is 57.6 Å². The molecular weight excluding hydrogens is 202 g/mol. The molecule has 0 atom stereocenters. The molecule has 1 saturated heterocycles. The first-order valence-electron chi connectivity index (χ1n) is 4.30. The van der Waals surface area contributed by atoms with E-state index in [4.69, 9.17) is 5.11 Å². The van der Waals surface area contributed by atoms with Gasteiger partial charge in [0, 0.05) is 18.3 Å². The van der Waals surface area contributed by atoms with Gasteiger partial charge < -0.3 is 10.0 Å². The summed E-state index contributed by atoms with van der Waals surface area (Å²) in [6.45, 7) is 0.703. The number of carboxylic acid groups (broad SMARTS) is 1. The number of carboxylic acids is 1. The molecule has 1 N–H and O–H groups in total. The van der Waals surface area contributed by atoms with Crippen molar-refractivity contribution in [2.75, 3.05) is 11.4 Å². The molecule has 14 heavy (non-hydrogen) atoms. The van der Waals surface area contributed by atoms with Gasteiger partial charge in [-0.2, -0.15) is 0 Å². The van der Waals surface area contributed by atoms with Crippen LogP contribution in [-0.4, -0.2) is 23.5 Å². The Hall–Kier alpha value is -1.36. The molecule has 4 nitrogen and oxygen atoms in total. The predicted octanol–water partition coefficient (Wildman–Crippen LogP) is 1.57. The van der Waals surface area contributed by atoms with Crippen molar-refractivity contribution in [2.24, 2.45) is 0 Å². The van der Waals surface area contributed by atoms with Crippen molar-refractivity contribution < 1.29 is 14.7 Å². The van der Waals surface area contributed by atoms with Crippen LogP contribution in [0.2, 0.25) is 0 Å². The largest absolute Gasteiger partial charge is 0.477 e. The van der Waals surface area contributed by atoms with E-state index in [1.54, 1.807) is 16.3 Å². The monoisotopic (exact) mass is 211 g/mol. The third-order valence-electron chi connectivity index (χ3n) is 2.18. The highest BCUT2D eigenvalue weighted by Crippen LogP contribution is 2.26. The van der Waals surface area contributed by atoms with Crippen molar-refractivity contribution in [3.05, 3.63) is 16.3 Å². The van der Waals surface area contributed by atoms with E-state index < -0.39 is 5.97 Å². The van der Waals surface area contributed by atoms with Crippen LogP contribution in [0.5, 0.6) is 0 Å². The van der Waals surface area contributed by atoms with E-state index in [0.717, 1.165) is 23.4 Å². The summed E-state index contributed by atoms with van der Waals surface area (Å²) < 4.78 is 0. The minimum atomic E-state index is -0.937. The van der Waals surface area contributed by atoms with Crippen LogP contribution in [0.4, 0.5) is 5.69 Å². The summed E-state index contributed by atoms with van der Waals surface area (Å²) in [6.07, 6.45) is 1.43. The van der Waals surface area contributed by atoms with Crippen molar-refractivity contribution in [3.8, 4) is 0 Å². The predicted molar refractivity (Wildman–Crippen MR) is 52.9 cm³/mol. The first-order chi connectivity index (χ1) is 6.68. The molecule has 2 rings (SSSR count). The standard InChI is InChI=1S/C9H9NO3S/c11-8-2-1-3-10(8)6-4-7(9(12)13)14-5-6/h4-5H,1-3H2,(H,12,13). The fourth-order valence-corrected chi connectivity index (χ4v) is 2.23. The lowest BCUT2D eigenvalue weighted by molar-refractivity contribution is -0.117. The van der Waals surface area contributed by atoms with Crippen molar-refractivity contribution in [3.63, 3.8) is 0 Å². The van der Waals surface area contributed by atoms with Crippen LogP contribution >= 0.6 is 11.3 Å². The first-order valence-corrected chi connectivity index (χ1v) is 5.18. The summed E-state index contributed by atoms with van der Waals surface area (Å²) in [6, 6.07) is 1.55. The van der Waals surface area contributed by atoms with Crippen molar-refractivity contribution in [1.82, 2.24) is 0 Å². The number of hydrogen-bond donors (Lipinski definition) is 1. The minimum Gasteiger partial charge on any atom is -0.477 e. The lowest BCUT2D eigenvalue weighted by Crippen LogP contribution is -2.22. The molecule has 0 radical (unpaired) electrons. The fraction of sp³-hybridized carbons (Fsp3) is 0.333. The molecule has 0 bridgehead atoms. The van der Waals surface area contributed by atoms with Crippen LogP contribution in [0.15, 0.2) is 11.4 Å². The van der Waals surface area contributed by atoms with Crippen molar-refractivity contribution in [1.29, 1.82) is 0 Å². The van der Waals surface area contributed by atoms with Gasteiger partial charge in [0.15, 0.2) is 0 Å². The van der Waals surface area contributed by atoms with E-state index in [2.05, 4.69) is 0 Å². The number of hydrogen-bond acceptors (Lipinski definition) is 3. The molecule has 1 aromatic heterocycles. The zero-order chi connectivity index (χ0) is 10.1. The van der Waals surface area contributed by atoms with Gasteiger partial charge in [0.1, 0.15) is 4.88 Å². The smallest absolute Gasteiger partial charge is 0.345 e. The highest BCUT2D eigenvalue weighted by atomic mass is 32.1. The normalized spacial score (nSPS) is 16.3. The first kappa shape index (κ1) is 9.21. The van der Waals surface area contributed by atoms with E-state index in [1.165, 1.54) is 0 Å². The van der Waals surface area contributed by atoms with Crippen LogP contribution in [0.25, 0.3) is 0 Å². The van der Waals surface area contributed by atoms with Gasteiger partial charge in [-0.25, -0.2) is 4.79 Å². The van der Waals surface area contributed by atoms with Gasteiger partial charge in [-0.15, -0.1) is 11.3 Å². The molecule has 1 aliphatic rings. The quantitative estimate of drug-likeness (QED) is 0.807. The molecule has 0 aliphatic carbocycles. The number of carbonyl (C=O) groups is 2. The maximum atomic E-state index is 11.3. The lowest BCUT2D eigenvalue weighted by atomic mass is 10.4. The van der Waals surface area contributed by atoms with Gasteiger partial charge in [-0.3, -0.25) is 4.79 Å². The molecule has 0 unspecified atom stereocenters. The summed E-state index contributed by atoms with van der Waals surface area (Å²) in [5.41, 5.74) is 0.718. The van der Waals surface area contributed by atoms with E-state index in [1.807, 2.05) is 0 Å². The van der Waals surface area contributed by atoms with Crippen LogP contribution in [0, 0.1) is 0 Å². The van der Waals surface area contributed by atoms with E-state index in [0.29, 0.717) is 13.0 Å². The molecule has 2 heterocycles. The van der Waals surface area contributed by atoms with E-state index in [9.17, 15) is 9.59 Å². The molecule has 1 aliphatic heterocycles. The third kappa shape index (κ3) is 1.50. The molecular formula is C9H9NO3S. The maximum absolute atomic E-state index is 11.3. The van der Waals surface area contributed by atoms with Crippen LogP contribution < -0.4 is 4.90 Å². The van der Waals surface area contributed by atoms with E-state index in [-0.39, 0.29) is 10.8 Å².